The van der Waals surface area contributed by atoms with Gasteiger partial charge in [-0.3, -0.25) is 9.69 Å². The maximum atomic E-state index is 11.6. The highest BCUT2D eigenvalue weighted by Crippen LogP contribution is 2.39. The molecule has 1 aromatic rings. The van der Waals surface area contributed by atoms with Gasteiger partial charge in [-0.15, -0.1) is 10.2 Å². The molecule has 0 unspecified atom stereocenters. The number of fused-ring (bicyclic) bond motifs is 1. The van der Waals surface area contributed by atoms with Crippen molar-refractivity contribution in [3.8, 4) is 0 Å². The van der Waals surface area contributed by atoms with Crippen LogP contribution in [0.2, 0.25) is 0 Å². The SMILES string of the molecule is CC(=O)N[C@@H]1C[C@@H]2CN(Cc3nnc(C)o3)C[C@@H]2C[C@H]1OCC1CC1. The third-order valence-corrected chi connectivity index (χ3v) is 5.75. The Bertz CT molecular complexity index is 615. The fraction of sp³-hybridized carbons (Fsp3) is 0.833. The predicted octanol–water partition coefficient (Wildman–Crippen LogP) is 1.52. The van der Waals surface area contributed by atoms with Crippen LogP contribution < -0.4 is 5.32 Å². The van der Waals surface area contributed by atoms with Gasteiger partial charge in [0.1, 0.15) is 0 Å². The molecule has 1 aromatic heterocycles. The summed E-state index contributed by atoms with van der Waals surface area (Å²) >= 11 is 0. The molecule has 2 aliphatic carbocycles. The number of likely N-dealkylation sites (tertiary alicyclic amines) is 1. The van der Waals surface area contributed by atoms with Crippen molar-refractivity contribution < 1.29 is 13.9 Å². The Balaban J connectivity index is 1.37. The molecule has 25 heavy (non-hydrogen) atoms. The summed E-state index contributed by atoms with van der Waals surface area (Å²) < 4.78 is 11.7. The van der Waals surface area contributed by atoms with Gasteiger partial charge < -0.3 is 14.5 Å². The first kappa shape index (κ1) is 17.0. The summed E-state index contributed by atoms with van der Waals surface area (Å²) in [4.78, 5) is 14.0. The first-order valence-corrected chi connectivity index (χ1v) is 9.47. The van der Waals surface area contributed by atoms with Crippen molar-refractivity contribution in [1.82, 2.24) is 20.4 Å². The molecule has 4 atom stereocenters. The molecule has 0 aromatic carbocycles. The molecule has 2 heterocycles. The maximum absolute atomic E-state index is 11.6. The van der Waals surface area contributed by atoms with E-state index in [0.717, 1.165) is 38.5 Å². The Kier molecular flexibility index (Phi) is 4.78. The number of amides is 1. The number of hydrogen-bond donors (Lipinski definition) is 1. The minimum absolute atomic E-state index is 0.0414. The van der Waals surface area contributed by atoms with E-state index in [9.17, 15) is 4.79 Å². The summed E-state index contributed by atoms with van der Waals surface area (Å²) in [5.74, 6) is 3.32. The van der Waals surface area contributed by atoms with Crippen LogP contribution in [0.25, 0.3) is 0 Å². The van der Waals surface area contributed by atoms with Crippen molar-refractivity contribution in [2.45, 2.75) is 58.2 Å². The van der Waals surface area contributed by atoms with Crippen molar-refractivity contribution in [3.63, 3.8) is 0 Å². The van der Waals surface area contributed by atoms with E-state index >= 15 is 0 Å². The summed E-state index contributed by atoms with van der Waals surface area (Å²) in [6.07, 6.45) is 4.76. The molecule has 3 fully saturated rings. The average molecular weight is 348 g/mol. The second-order valence-corrected chi connectivity index (χ2v) is 8.02. The van der Waals surface area contributed by atoms with Gasteiger partial charge in [0.25, 0.3) is 0 Å². The number of nitrogens with zero attached hydrogens (tertiary/aromatic N) is 3. The first-order valence-electron chi connectivity index (χ1n) is 9.47. The van der Waals surface area contributed by atoms with E-state index in [2.05, 4.69) is 20.4 Å². The van der Waals surface area contributed by atoms with Gasteiger partial charge in [0.05, 0.1) is 18.7 Å². The molecule has 0 spiro atoms. The summed E-state index contributed by atoms with van der Waals surface area (Å²) in [5, 5.41) is 11.2. The van der Waals surface area contributed by atoms with Crippen LogP contribution in [0.5, 0.6) is 0 Å². The highest BCUT2D eigenvalue weighted by atomic mass is 16.5. The second-order valence-electron chi connectivity index (χ2n) is 8.02. The van der Waals surface area contributed by atoms with Gasteiger partial charge in [0.2, 0.25) is 17.7 Å². The normalized spacial score (nSPS) is 32.6. The predicted molar refractivity (Wildman–Crippen MR) is 90.6 cm³/mol. The number of carbonyl (C=O) groups excluding carboxylic acids is 1. The van der Waals surface area contributed by atoms with Crippen LogP contribution in [0.15, 0.2) is 4.42 Å². The third-order valence-electron chi connectivity index (χ3n) is 5.75. The van der Waals surface area contributed by atoms with Gasteiger partial charge in [-0.1, -0.05) is 0 Å². The topological polar surface area (TPSA) is 80.5 Å². The Morgan fingerprint density at radius 1 is 1.28 bits per heavy atom. The number of hydrogen-bond acceptors (Lipinski definition) is 6. The van der Waals surface area contributed by atoms with Gasteiger partial charge in [-0.05, 0) is 43.4 Å². The number of carbonyl (C=O) groups is 1. The number of aryl methyl sites for hydroxylation is 1. The van der Waals surface area contributed by atoms with E-state index in [-0.39, 0.29) is 18.1 Å². The van der Waals surface area contributed by atoms with Crippen molar-refractivity contribution in [1.29, 1.82) is 0 Å². The second kappa shape index (κ2) is 7.03. The molecule has 4 rings (SSSR count). The summed E-state index contributed by atoms with van der Waals surface area (Å²) in [6.45, 7) is 7.05. The lowest BCUT2D eigenvalue weighted by atomic mass is 9.77. The van der Waals surface area contributed by atoms with Crippen LogP contribution in [-0.4, -0.2) is 52.8 Å². The van der Waals surface area contributed by atoms with Gasteiger partial charge in [0, 0.05) is 33.5 Å². The minimum atomic E-state index is 0.0414. The van der Waals surface area contributed by atoms with Crippen LogP contribution in [0, 0.1) is 24.7 Å². The highest BCUT2D eigenvalue weighted by Gasteiger charge is 2.43. The number of rotatable bonds is 6. The standard InChI is InChI=1S/C18H28N4O3/c1-11(23)19-16-5-14-7-22(9-18-21-20-12(2)25-18)8-15(14)6-17(16)24-10-13-3-4-13/h13-17H,3-10H2,1-2H3,(H,19,23)/t14-,15+,16-,17-/m1/s1. The molecule has 1 aliphatic heterocycles. The lowest BCUT2D eigenvalue weighted by Crippen LogP contribution is -2.50. The lowest BCUT2D eigenvalue weighted by molar-refractivity contribution is -0.122. The molecular formula is C18H28N4O3. The van der Waals surface area contributed by atoms with Gasteiger partial charge in [-0.2, -0.15) is 0 Å². The quantitative estimate of drug-likeness (QED) is 0.839. The van der Waals surface area contributed by atoms with Gasteiger partial charge >= 0.3 is 0 Å². The van der Waals surface area contributed by atoms with E-state index in [1.807, 2.05) is 6.92 Å². The van der Waals surface area contributed by atoms with Crippen molar-refractivity contribution in [2.75, 3.05) is 19.7 Å². The summed E-state index contributed by atoms with van der Waals surface area (Å²) in [7, 11) is 0. The number of nitrogens with one attached hydrogen (secondary N) is 1. The zero-order valence-corrected chi connectivity index (χ0v) is 15.1. The Labute approximate surface area is 148 Å². The highest BCUT2D eigenvalue weighted by molar-refractivity contribution is 5.73. The van der Waals surface area contributed by atoms with E-state index < -0.39 is 0 Å². The zero-order valence-electron chi connectivity index (χ0n) is 15.1. The number of ether oxygens (including phenoxy) is 1. The summed E-state index contributed by atoms with van der Waals surface area (Å²) in [5.41, 5.74) is 0. The van der Waals surface area contributed by atoms with E-state index in [4.69, 9.17) is 9.15 Å². The first-order chi connectivity index (χ1) is 12.1. The fourth-order valence-electron chi connectivity index (χ4n) is 4.37. The molecule has 2 saturated carbocycles. The molecule has 1 N–H and O–H groups in total. The Hall–Kier alpha value is -1.47. The monoisotopic (exact) mass is 348 g/mol. The molecule has 3 aliphatic rings. The molecule has 1 saturated heterocycles. The van der Waals surface area contributed by atoms with Crippen LogP contribution in [0.4, 0.5) is 0 Å². The van der Waals surface area contributed by atoms with Crippen molar-refractivity contribution in [2.24, 2.45) is 17.8 Å². The maximum Gasteiger partial charge on any atom is 0.230 e. The van der Waals surface area contributed by atoms with E-state index in [0.29, 0.717) is 30.2 Å². The zero-order chi connectivity index (χ0) is 17.4. The largest absolute Gasteiger partial charge is 0.424 e. The average Bonchev–Trinajstić information content (AvgIpc) is 3.17. The van der Waals surface area contributed by atoms with E-state index in [1.54, 1.807) is 6.92 Å². The fourth-order valence-corrected chi connectivity index (χ4v) is 4.37. The minimum Gasteiger partial charge on any atom is -0.424 e. The molecule has 138 valence electrons. The molecule has 0 radical (unpaired) electrons. The molecule has 7 nitrogen and oxygen atoms in total. The molecule has 0 bridgehead atoms. The van der Waals surface area contributed by atoms with Crippen molar-refractivity contribution in [3.05, 3.63) is 11.8 Å². The van der Waals surface area contributed by atoms with Crippen LogP contribution >= 0.6 is 0 Å². The van der Waals surface area contributed by atoms with Gasteiger partial charge in [-0.25, -0.2) is 0 Å². The van der Waals surface area contributed by atoms with Gasteiger partial charge in [0.15, 0.2) is 0 Å². The lowest BCUT2D eigenvalue weighted by Gasteiger charge is -2.38. The number of aromatic nitrogens is 2. The Morgan fingerprint density at radius 3 is 2.68 bits per heavy atom. The smallest absolute Gasteiger partial charge is 0.230 e. The molecule has 7 heteroatoms. The van der Waals surface area contributed by atoms with Crippen LogP contribution in [0.1, 0.15) is 44.4 Å². The van der Waals surface area contributed by atoms with Crippen molar-refractivity contribution >= 4 is 5.91 Å². The Morgan fingerprint density at radius 2 is 2.04 bits per heavy atom. The molecule has 1 amide bonds. The van der Waals surface area contributed by atoms with E-state index in [1.165, 1.54) is 12.8 Å². The third kappa shape index (κ3) is 4.20. The summed E-state index contributed by atoms with van der Waals surface area (Å²) in [6, 6.07) is 0.142. The van der Waals surface area contributed by atoms with Crippen LogP contribution in [0.3, 0.4) is 0 Å². The van der Waals surface area contributed by atoms with Crippen LogP contribution in [-0.2, 0) is 16.1 Å². The molecular weight excluding hydrogens is 320 g/mol.